The third kappa shape index (κ3) is 62.6. The predicted molar refractivity (Wildman–Crippen MR) is 349 cm³/mol. The smallest absolute Gasteiger partial charge is 0.462 e. The fourth-order valence-electron chi connectivity index (χ4n) is 10.3. The van der Waals surface area contributed by atoms with Gasteiger partial charge in [-0.3, -0.25) is 37.3 Å². The van der Waals surface area contributed by atoms with Crippen LogP contribution in [-0.2, 0) is 65.4 Å². The second-order valence-corrected chi connectivity index (χ2v) is 27.9. The van der Waals surface area contributed by atoms with Gasteiger partial charge in [-0.15, -0.1) is 0 Å². The van der Waals surface area contributed by atoms with E-state index in [1.807, 2.05) is 0 Å². The van der Waals surface area contributed by atoms with Gasteiger partial charge in [0.25, 0.3) is 0 Å². The SMILES string of the molecule is CCCCCCCCCCCCCCCCCCCC(=O)O[C@H](COC(=O)CCCCCCCCCCCCCC(C)C)COP(=O)(O)OC[C@@H](O)COP(=O)(O)OC[C@@H](COC(=O)CCCCCCCCC)OC(=O)CCCCCCCCCCC. The van der Waals surface area contributed by atoms with E-state index in [2.05, 4.69) is 34.6 Å². The zero-order valence-electron chi connectivity index (χ0n) is 56.2. The van der Waals surface area contributed by atoms with Gasteiger partial charge in [0.1, 0.15) is 19.3 Å². The topological polar surface area (TPSA) is 237 Å². The summed E-state index contributed by atoms with van der Waals surface area (Å²) in [5, 5.41) is 10.5. The van der Waals surface area contributed by atoms with Crippen molar-refractivity contribution in [2.45, 2.75) is 368 Å². The number of rotatable bonds is 68. The molecule has 0 amide bonds. The molecule has 0 aromatic rings. The third-order valence-electron chi connectivity index (χ3n) is 15.8. The molecule has 3 N–H and O–H groups in total. The normalized spacial score (nSPS) is 14.1. The van der Waals surface area contributed by atoms with E-state index >= 15 is 0 Å². The van der Waals surface area contributed by atoms with Crippen LogP contribution in [0.5, 0.6) is 0 Å². The Morgan fingerprint density at radius 2 is 0.529 bits per heavy atom. The van der Waals surface area contributed by atoms with Crippen LogP contribution >= 0.6 is 15.6 Å². The van der Waals surface area contributed by atoms with Crippen LogP contribution < -0.4 is 0 Å². The lowest BCUT2D eigenvalue weighted by Crippen LogP contribution is -2.30. The standard InChI is InChI=1S/C68H132O17P2/c1-6-9-12-15-18-20-21-22-23-24-25-26-29-34-39-44-49-54-68(73)85-64(58-79-66(71)52-47-42-37-33-30-27-28-32-36-40-45-50-61(4)5)60-83-87(76,77)81-56-62(69)55-80-86(74,75)82-59-63(57-78-65(70)51-46-41-35-17-14-11-8-3)84-67(72)53-48-43-38-31-19-16-13-10-7-2/h61-64,69H,6-60H2,1-5H3,(H,74,75)(H,76,77)/t62-,63+,64+/m0/s1. The van der Waals surface area contributed by atoms with Crippen molar-refractivity contribution in [3.63, 3.8) is 0 Å². The minimum Gasteiger partial charge on any atom is -0.462 e. The lowest BCUT2D eigenvalue weighted by Gasteiger charge is -2.21. The average molecular weight is 1280 g/mol. The van der Waals surface area contributed by atoms with E-state index in [0.29, 0.717) is 25.7 Å². The maximum absolute atomic E-state index is 13.0. The van der Waals surface area contributed by atoms with Gasteiger partial charge in [0.2, 0.25) is 0 Å². The summed E-state index contributed by atoms with van der Waals surface area (Å²) in [6, 6.07) is 0. The molecule has 5 atom stereocenters. The molecule has 0 aromatic carbocycles. The molecule has 87 heavy (non-hydrogen) atoms. The van der Waals surface area contributed by atoms with Gasteiger partial charge < -0.3 is 33.8 Å². The molecular weight excluding hydrogens is 1150 g/mol. The lowest BCUT2D eigenvalue weighted by molar-refractivity contribution is -0.161. The summed E-state index contributed by atoms with van der Waals surface area (Å²) < 4.78 is 68.1. The van der Waals surface area contributed by atoms with E-state index in [0.717, 1.165) is 109 Å². The van der Waals surface area contributed by atoms with Gasteiger partial charge >= 0.3 is 39.5 Å². The summed E-state index contributed by atoms with van der Waals surface area (Å²) in [7, 11) is -9.89. The minimum absolute atomic E-state index is 0.106. The zero-order chi connectivity index (χ0) is 64.2. The summed E-state index contributed by atoms with van der Waals surface area (Å²) in [4.78, 5) is 72.3. The average Bonchev–Trinajstić information content (AvgIpc) is 3.69. The Kier molecular flexibility index (Phi) is 60.2. The molecule has 0 aliphatic rings. The molecule has 0 aromatic heterocycles. The number of unbranched alkanes of at least 4 members (excludes halogenated alkanes) is 40. The highest BCUT2D eigenvalue weighted by molar-refractivity contribution is 7.47. The van der Waals surface area contributed by atoms with Crippen molar-refractivity contribution in [3.05, 3.63) is 0 Å². The number of carbonyl (C=O) groups is 4. The maximum Gasteiger partial charge on any atom is 0.472 e. The Balaban J connectivity index is 5.18. The van der Waals surface area contributed by atoms with Gasteiger partial charge in [0.15, 0.2) is 12.2 Å². The number of aliphatic hydroxyl groups excluding tert-OH is 1. The highest BCUT2D eigenvalue weighted by atomic mass is 31.2. The predicted octanol–water partition coefficient (Wildman–Crippen LogP) is 19.4. The van der Waals surface area contributed by atoms with Crippen molar-refractivity contribution >= 4 is 39.5 Å². The number of phosphoric ester groups is 2. The molecule has 0 fully saturated rings. The monoisotopic (exact) mass is 1280 g/mol. The molecule has 0 saturated carbocycles. The molecule has 0 aliphatic carbocycles. The van der Waals surface area contributed by atoms with Crippen molar-refractivity contribution in [3.8, 4) is 0 Å². The molecule has 0 spiro atoms. The number of phosphoric acid groups is 2. The molecule has 0 bridgehead atoms. The Hall–Kier alpha value is -1.94. The van der Waals surface area contributed by atoms with E-state index in [1.54, 1.807) is 0 Å². The Morgan fingerprint density at radius 1 is 0.310 bits per heavy atom. The number of hydrogen-bond donors (Lipinski definition) is 3. The highest BCUT2D eigenvalue weighted by Gasteiger charge is 2.30. The fraction of sp³-hybridized carbons (Fsp3) is 0.941. The van der Waals surface area contributed by atoms with E-state index in [9.17, 15) is 43.2 Å². The van der Waals surface area contributed by atoms with Crippen molar-refractivity contribution in [2.24, 2.45) is 5.92 Å². The van der Waals surface area contributed by atoms with Crippen LogP contribution in [0.3, 0.4) is 0 Å². The molecule has 0 rings (SSSR count). The van der Waals surface area contributed by atoms with E-state index in [1.165, 1.54) is 161 Å². The Bertz CT molecular complexity index is 1690. The molecule has 19 heteroatoms. The Labute approximate surface area is 530 Å². The van der Waals surface area contributed by atoms with E-state index in [-0.39, 0.29) is 25.7 Å². The molecule has 0 heterocycles. The number of ether oxygens (including phenoxy) is 4. The summed E-state index contributed by atoms with van der Waals surface area (Å²) in [6.07, 6.45) is 47.3. The first-order valence-corrected chi connectivity index (χ1v) is 38.6. The van der Waals surface area contributed by atoms with Gasteiger partial charge in [-0.2, -0.15) is 0 Å². The van der Waals surface area contributed by atoms with Crippen LogP contribution in [0.1, 0.15) is 349 Å². The summed E-state index contributed by atoms with van der Waals surface area (Å²) in [5.74, 6) is -1.36. The molecule has 17 nitrogen and oxygen atoms in total. The molecule has 516 valence electrons. The highest BCUT2D eigenvalue weighted by Crippen LogP contribution is 2.45. The lowest BCUT2D eigenvalue weighted by atomic mass is 10.0. The molecule has 0 saturated heterocycles. The zero-order valence-corrected chi connectivity index (χ0v) is 57.9. The number of aliphatic hydroxyl groups is 1. The Morgan fingerprint density at radius 3 is 0.782 bits per heavy atom. The maximum atomic E-state index is 13.0. The third-order valence-corrected chi connectivity index (χ3v) is 17.7. The molecule has 2 unspecified atom stereocenters. The summed E-state index contributed by atoms with van der Waals surface area (Å²) >= 11 is 0. The second kappa shape index (κ2) is 61.6. The van der Waals surface area contributed by atoms with Gasteiger partial charge in [0, 0.05) is 25.7 Å². The first kappa shape index (κ1) is 85.1. The van der Waals surface area contributed by atoms with Gasteiger partial charge in [-0.05, 0) is 31.6 Å². The van der Waals surface area contributed by atoms with Crippen LogP contribution in [0.15, 0.2) is 0 Å². The van der Waals surface area contributed by atoms with Crippen LogP contribution in [0, 0.1) is 5.92 Å². The van der Waals surface area contributed by atoms with Crippen molar-refractivity contribution in [2.75, 3.05) is 39.6 Å². The van der Waals surface area contributed by atoms with Crippen LogP contribution in [0.2, 0.25) is 0 Å². The van der Waals surface area contributed by atoms with Gasteiger partial charge in [-0.1, -0.05) is 298 Å². The van der Waals surface area contributed by atoms with E-state index in [4.69, 9.17) is 37.0 Å². The van der Waals surface area contributed by atoms with Crippen LogP contribution in [0.25, 0.3) is 0 Å². The van der Waals surface area contributed by atoms with Crippen molar-refractivity contribution in [1.29, 1.82) is 0 Å². The largest absolute Gasteiger partial charge is 0.472 e. The van der Waals surface area contributed by atoms with Gasteiger partial charge in [-0.25, -0.2) is 9.13 Å². The molecular formula is C68H132O17P2. The van der Waals surface area contributed by atoms with Crippen LogP contribution in [-0.4, -0.2) is 96.7 Å². The first-order chi connectivity index (χ1) is 42.0. The summed E-state index contributed by atoms with van der Waals surface area (Å²) in [6.45, 7) is 7.18. The fourth-order valence-corrected chi connectivity index (χ4v) is 11.9. The van der Waals surface area contributed by atoms with Crippen molar-refractivity contribution < 1.29 is 80.2 Å². The van der Waals surface area contributed by atoms with Crippen LogP contribution in [0.4, 0.5) is 0 Å². The van der Waals surface area contributed by atoms with E-state index < -0.39 is 97.5 Å². The van der Waals surface area contributed by atoms with Crippen molar-refractivity contribution in [1.82, 2.24) is 0 Å². The number of esters is 4. The molecule has 0 aliphatic heterocycles. The number of hydrogen-bond acceptors (Lipinski definition) is 15. The van der Waals surface area contributed by atoms with Gasteiger partial charge in [0.05, 0.1) is 26.4 Å². The second-order valence-electron chi connectivity index (χ2n) is 25.0. The minimum atomic E-state index is -4.95. The first-order valence-electron chi connectivity index (χ1n) is 35.6. The quantitative estimate of drug-likeness (QED) is 0.0222. The number of carbonyl (C=O) groups excluding carboxylic acids is 4. The molecule has 0 radical (unpaired) electrons. The summed E-state index contributed by atoms with van der Waals surface area (Å²) in [5.41, 5.74) is 0.